The monoisotopic (exact) mass is 540 g/mol. The molecule has 0 aliphatic heterocycles. The molecule has 1 saturated carbocycles. The summed E-state index contributed by atoms with van der Waals surface area (Å²) in [6.45, 7) is 1.18. The average molecular weight is 541 g/mol. The van der Waals surface area contributed by atoms with Crippen LogP contribution in [0.1, 0.15) is 56.6 Å². The van der Waals surface area contributed by atoms with Gasteiger partial charge in [0.15, 0.2) is 0 Å². The molecule has 1 aliphatic rings. The first kappa shape index (κ1) is 30.5. The van der Waals surface area contributed by atoms with Crippen LogP contribution in [0.4, 0.5) is 14.4 Å². The Kier molecular flexibility index (Phi) is 13.3. The van der Waals surface area contributed by atoms with Gasteiger partial charge in [-0.2, -0.15) is 0 Å². The van der Waals surface area contributed by atoms with Crippen molar-refractivity contribution in [3.63, 3.8) is 0 Å². The van der Waals surface area contributed by atoms with Crippen molar-refractivity contribution in [3.8, 4) is 0 Å². The van der Waals surface area contributed by atoms with Crippen LogP contribution in [0.25, 0.3) is 0 Å². The fourth-order valence-electron chi connectivity index (χ4n) is 4.59. The van der Waals surface area contributed by atoms with Gasteiger partial charge in [0.1, 0.15) is 0 Å². The van der Waals surface area contributed by atoms with Crippen molar-refractivity contribution >= 4 is 29.8 Å². The van der Waals surface area contributed by atoms with Gasteiger partial charge in [-0.15, -0.1) is 0 Å². The Bertz CT molecular complexity index is 867. The summed E-state index contributed by atoms with van der Waals surface area (Å²) in [7, 11) is 4.53. The number of amides is 4. The third-order valence-electron chi connectivity index (χ3n) is 6.66. The Morgan fingerprint density at radius 2 is 1.89 bits per heavy atom. The number of hydrogen-bond acceptors (Lipinski definition) is 5. The van der Waals surface area contributed by atoms with Gasteiger partial charge in [0.05, 0.1) is 19.8 Å². The summed E-state index contributed by atoms with van der Waals surface area (Å²) in [5, 5.41) is 15.5. The quantitative estimate of drug-likeness (QED) is 0.311. The Labute approximate surface area is 224 Å². The lowest BCUT2D eigenvalue weighted by molar-refractivity contribution is 0.0438. The van der Waals surface area contributed by atoms with Gasteiger partial charge in [0.25, 0.3) is 0 Å². The van der Waals surface area contributed by atoms with E-state index in [0.29, 0.717) is 23.9 Å². The van der Waals surface area contributed by atoms with Gasteiger partial charge in [0, 0.05) is 44.8 Å². The van der Waals surface area contributed by atoms with Crippen LogP contribution in [0.3, 0.4) is 0 Å². The van der Waals surface area contributed by atoms with E-state index in [9.17, 15) is 19.5 Å². The fourth-order valence-corrected chi connectivity index (χ4v) is 4.79. The Hall–Kier alpha value is -2.72. The maximum atomic E-state index is 13.0. The molecule has 0 bridgehead atoms. The molecule has 11 heteroatoms. The minimum absolute atomic E-state index is 0.243. The van der Waals surface area contributed by atoms with Gasteiger partial charge in [-0.3, -0.25) is 0 Å². The maximum Gasteiger partial charge on any atom is 0.407 e. The molecule has 208 valence electrons. The molecular weight excluding hydrogens is 500 g/mol. The number of benzene rings is 1. The molecule has 0 unspecified atom stereocenters. The molecule has 2 rings (SSSR count). The zero-order valence-corrected chi connectivity index (χ0v) is 22.8. The van der Waals surface area contributed by atoms with Crippen LogP contribution in [0.2, 0.25) is 5.02 Å². The SMILES string of the molecule is COC(=O)NCCO[C@H](CCN(C)C(=O)N[C@H](CC1CCCCC1)CN(C)C(=O)O)c1cccc(Cl)c1. The van der Waals surface area contributed by atoms with Crippen molar-refractivity contribution in [3.05, 3.63) is 34.9 Å². The van der Waals surface area contributed by atoms with Crippen molar-refractivity contribution in [2.24, 2.45) is 5.92 Å². The molecule has 1 aromatic carbocycles. The standard InChI is InChI=1S/C26H41ClN4O6/c1-30(24(32)29-22(18-31(2)26(34)35)16-19-8-5-4-6-9-19)14-12-23(20-10-7-11-21(27)17-20)37-15-13-28-25(33)36-3/h7,10-11,17,19,22-23H,4-6,8-9,12-16,18H2,1-3H3,(H,28,33)(H,29,32)(H,34,35)/t22-,23-/m1/s1. The number of nitrogens with one attached hydrogen (secondary N) is 2. The van der Waals surface area contributed by atoms with Crippen LogP contribution in [0.15, 0.2) is 24.3 Å². The van der Waals surface area contributed by atoms with Crippen LogP contribution in [0.5, 0.6) is 0 Å². The normalized spacial score (nSPS) is 15.4. The van der Waals surface area contributed by atoms with Crippen molar-refractivity contribution in [1.29, 1.82) is 0 Å². The number of rotatable bonds is 13. The number of alkyl carbamates (subject to hydrolysis) is 1. The molecule has 10 nitrogen and oxygen atoms in total. The molecule has 4 amide bonds. The molecule has 0 spiro atoms. The molecule has 0 heterocycles. The highest BCUT2D eigenvalue weighted by Gasteiger charge is 2.24. The number of methoxy groups -OCH3 is 1. The topological polar surface area (TPSA) is 120 Å². The number of halogens is 1. The molecule has 2 atom stereocenters. The minimum atomic E-state index is -1.01. The number of carbonyl (C=O) groups excluding carboxylic acids is 2. The molecule has 0 radical (unpaired) electrons. The Morgan fingerprint density at radius 3 is 2.54 bits per heavy atom. The first-order valence-electron chi connectivity index (χ1n) is 12.8. The lowest BCUT2D eigenvalue weighted by Crippen LogP contribution is -2.49. The first-order chi connectivity index (χ1) is 17.7. The van der Waals surface area contributed by atoms with E-state index >= 15 is 0 Å². The highest BCUT2D eigenvalue weighted by molar-refractivity contribution is 6.30. The second-order valence-corrected chi connectivity index (χ2v) is 10.0. The second kappa shape index (κ2) is 16.2. The third-order valence-corrected chi connectivity index (χ3v) is 6.90. The molecule has 3 N–H and O–H groups in total. The molecule has 1 aliphatic carbocycles. The minimum Gasteiger partial charge on any atom is -0.465 e. The second-order valence-electron chi connectivity index (χ2n) is 9.59. The zero-order valence-electron chi connectivity index (χ0n) is 22.1. The molecule has 1 aromatic rings. The number of carboxylic acid groups (broad SMARTS) is 1. The van der Waals surface area contributed by atoms with Gasteiger partial charge in [-0.1, -0.05) is 55.8 Å². The molecule has 0 aromatic heterocycles. The summed E-state index contributed by atoms with van der Waals surface area (Å²) in [5.41, 5.74) is 0.873. The van der Waals surface area contributed by atoms with Crippen LogP contribution in [-0.2, 0) is 9.47 Å². The van der Waals surface area contributed by atoms with Crippen molar-refractivity contribution in [1.82, 2.24) is 20.4 Å². The summed E-state index contributed by atoms with van der Waals surface area (Å²) in [6, 6.07) is 6.83. The van der Waals surface area contributed by atoms with Crippen LogP contribution >= 0.6 is 11.6 Å². The summed E-state index contributed by atoms with van der Waals surface area (Å²) >= 11 is 6.18. The number of hydrogen-bond donors (Lipinski definition) is 3. The summed E-state index contributed by atoms with van der Waals surface area (Å²) in [6.07, 6.45) is 5.20. The van der Waals surface area contributed by atoms with E-state index in [1.165, 1.54) is 38.3 Å². The van der Waals surface area contributed by atoms with E-state index in [-0.39, 0.29) is 37.9 Å². The van der Waals surface area contributed by atoms with Crippen LogP contribution < -0.4 is 10.6 Å². The third kappa shape index (κ3) is 11.5. The zero-order chi connectivity index (χ0) is 27.2. The van der Waals surface area contributed by atoms with Gasteiger partial charge in [-0.05, 0) is 36.5 Å². The highest BCUT2D eigenvalue weighted by atomic mass is 35.5. The van der Waals surface area contributed by atoms with Crippen molar-refractivity contribution < 1.29 is 29.0 Å². The largest absolute Gasteiger partial charge is 0.465 e. The van der Waals surface area contributed by atoms with E-state index in [1.54, 1.807) is 18.0 Å². The summed E-state index contributed by atoms with van der Waals surface area (Å²) < 4.78 is 10.6. The van der Waals surface area contributed by atoms with E-state index in [1.807, 2.05) is 18.2 Å². The average Bonchev–Trinajstić information content (AvgIpc) is 2.88. The lowest BCUT2D eigenvalue weighted by Gasteiger charge is -2.31. The Balaban J connectivity index is 1.96. The van der Waals surface area contributed by atoms with Gasteiger partial charge in [-0.25, -0.2) is 14.4 Å². The van der Waals surface area contributed by atoms with Crippen LogP contribution in [-0.4, -0.2) is 86.6 Å². The summed E-state index contributed by atoms with van der Waals surface area (Å²) in [5.74, 6) is 0.491. The first-order valence-corrected chi connectivity index (χ1v) is 13.2. The molecular formula is C26H41ClN4O6. The number of likely N-dealkylation sites (N-methyl/N-ethyl adjacent to an activating group) is 1. The van der Waals surface area contributed by atoms with E-state index in [2.05, 4.69) is 15.4 Å². The predicted molar refractivity (Wildman–Crippen MR) is 142 cm³/mol. The highest BCUT2D eigenvalue weighted by Crippen LogP contribution is 2.28. The number of carbonyl (C=O) groups is 3. The van der Waals surface area contributed by atoms with Gasteiger partial charge in [0.2, 0.25) is 0 Å². The fraction of sp³-hybridized carbons (Fsp3) is 0.654. The summed E-state index contributed by atoms with van der Waals surface area (Å²) in [4.78, 5) is 38.5. The van der Waals surface area contributed by atoms with E-state index in [4.69, 9.17) is 16.3 Å². The lowest BCUT2D eigenvalue weighted by atomic mass is 9.84. The van der Waals surface area contributed by atoms with Gasteiger partial charge < -0.3 is 35.0 Å². The van der Waals surface area contributed by atoms with E-state index in [0.717, 1.165) is 24.8 Å². The molecule has 37 heavy (non-hydrogen) atoms. The van der Waals surface area contributed by atoms with Gasteiger partial charge >= 0.3 is 18.2 Å². The predicted octanol–water partition coefficient (Wildman–Crippen LogP) is 4.73. The number of ether oxygens (including phenoxy) is 2. The smallest absolute Gasteiger partial charge is 0.407 e. The maximum absolute atomic E-state index is 13.0. The molecule has 1 fully saturated rings. The van der Waals surface area contributed by atoms with Crippen molar-refractivity contribution in [2.75, 3.05) is 47.4 Å². The van der Waals surface area contributed by atoms with Crippen LogP contribution in [0, 0.1) is 5.92 Å². The van der Waals surface area contributed by atoms with Crippen molar-refractivity contribution in [2.45, 2.75) is 57.1 Å². The molecule has 0 saturated heterocycles. The van der Waals surface area contributed by atoms with E-state index < -0.39 is 12.2 Å². The number of urea groups is 1. The Morgan fingerprint density at radius 1 is 1.16 bits per heavy atom. The number of nitrogens with zero attached hydrogens (tertiary/aromatic N) is 2.